The predicted octanol–water partition coefficient (Wildman–Crippen LogP) is 11.8. The topological polar surface area (TPSA) is 0 Å². The molecule has 0 N–H and O–H groups in total. The molecule has 1 aliphatic heterocycles. The highest BCUT2D eigenvalue weighted by molar-refractivity contribution is 7.91. The molecule has 0 amide bonds. The molecule has 0 aliphatic carbocycles. The first-order chi connectivity index (χ1) is 20.0. The lowest BCUT2D eigenvalue weighted by Crippen LogP contribution is -2.59. The molecule has 0 bridgehead atoms. The molecule has 0 radical (unpaired) electrons. The monoisotopic (exact) mass is 608 g/mol. The van der Waals surface area contributed by atoms with Crippen molar-refractivity contribution in [3.8, 4) is 0 Å². The molecule has 2 aromatic rings. The first-order valence-corrected chi connectivity index (χ1v) is 20.8. The lowest BCUT2D eigenvalue weighted by molar-refractivity contribution is 0.431. The predicted molar refractivity (Wildman–Crippen MR) is 194 cm³/mol. The first-order valence-electron chi connectivity index (χ1n) is 17.3. The van der Waals surface area contributed by atoms with E-state index in [1.54, 1.807) is 15.6 Å². The summed E-state index contributed by atoms with van der Waals surface area (Å²) in [5.41, 5.74) is 1.51. The van der Waals surface area contributed by atoms with Crippen molar-refractivity contribution in [2.24, 2.45) is 5.92 Å². The largest absolute Gasteiger partial charge is 0.152 e. The number of fused-ring (bicyclic) bond motifs is 1. The second-order valence-electron chi connectivity index (χ2n) is 12.8. The zero-order valence-corrected chi connectivity index (χ0v) is 29.9. The summed E-state index contributed by atoms with van der Waals surface area (Å²) in [7, 11) is -2.17. The molecule has 41 heavy (non-hydrogen) atoms. The van der Waals surface area contributed by atoms with Crippen LogP contribution in [0.1, 0.15) is 146 Å². The van der Waals surface area contributed by atoms with Crippen molar-refractivity contribution < 1.29 is 0 Å². The molecule has 3 heteroatoms. The van der Waals surface area contributed by atoms with Gasteiger partial charge in [0.25, 0.3) is 0 Å². The maximum Gasteiger partial charge on any atom is 0.152 e. The average Bonchev–Trinajstić information content (AvgIpc) is 3.46. The highest BCUT2D eigenvalue weighted by Gasteiger charge is 2.49. The Hall–Kier alpha value is -1.03. The fraction of sp³-hybridized carbons (Fsp3) is 0.632. The number of allylic oxidation sites excluding steroid dienone is 3. The second-order valence-corrected chi connectivity index (χ2v) is 18.3. The Labute approximate surface area is 264 Å². The van der Waals surface area contributed by atoms with Crippen molar-refractivity contribution >= 4 is 47.3 Å². The lowest BCUT2D eigenvalue weighted by Gasteiger charge is -2.35. The van der Waals surface area contributed by atoms with Crippen LogP contribution in [0.25, 0.3) is 4.91 Å². The van der Waals surface area contributed by atoms with Crippen molar-refractivity contribution in [1.29, 1.82) is 0 Å². The van der Waals surface area contributed by atoms with Gasteiger partial charge in [-0.1, -0.05) is 154 Å². The van der Waals surface area contributed by atoms with Crippen LogP contribution < -0.4 is 10.4 Å². The molecule has 1 aromatic heterocycles. The van der Waals surface area contributed by atoms with Gasteiger partial charge in [0.1, 0.15) is 0 Å². The number of aryl methyl sites for hydroxylation is 2. The van der Waals surface area contributed by atoms with Crippen molar-refractivity contribution in [2.45, 2.75) is 150 Å². The Morgan fingerprint density at radius 2 is 1.34 bits per heavy atom. The summed E-state index contributed by atoms with van der Waals surface area (Å²) in [5.74, 6) is 0.797. The molecule has 2 atom stereocenters. The van der Waals surface area contributed by atoms with Gasteiger partial charge in [-0.25, -0.2) is 0 Å². The number of unbranched alkanes of at least 4 members (excludes halogenated alkanes) is 11. The van der Waals surface area contributed by atoms with Gasteiger partial charge in [0.05, 0.1) is 0 Å². The molecule has 0 fully saturated rings. The standard InChI is InChI=1S/C38H60S2Si/c1-6-10-13-16-17-20-24-33(23-19-15-12-8-3)30-41(34-27-25-32(26-28-34)22-18-14-11-7-2)35(21-9-4)37(39)38-36(41)29-31(5)40-38/h9,21,25-29,33,39H,6-8,10-20,22-24,30H2,1-5H3. The molecule has 0 nitrogen and oxygen atoms in total. The van der Waals surface area contributed by atoms with Gasteiger partial charge in [0.2, 0.25) is 0 Å². The van der Waals surface area contributed by atoms with Gasteiger partial charge in [-0.2, -0.15) is 0 Å². The number of thiol groups is 1. The van der Waals surface area contributed by atoms with Crippen molar-refractivity contribution in [3.63, 3.8) is 0 Å². The molecule has 3 rings (SSSR count). The maximum atomic E-state index is 5.28. The molecule has 1 aromatic carbocycles. The van der Waals surface area contributed by atoms with Crippen LogP contribution in [-0.4, -0.2) is 8.07 Å². The molecule has 0 saturated heterocycles. The third kappa shape index (κ3) is 9.48. The van der Waals surface area contributed by atoms with E-state index in [9.17, 15) is 0 Å². The van der Waals surface area contributed by atoms with E-state index in [0.29, 0.717) is 0 Å². The van der Waals surface area contributed by atoms with Crippen LogP contribution in [-0.2, 0) is 6.42 Å². The van der Waals surface area contributed by atoms with Crippen LogP contribution in [0.2, 0.25) is 6.04 Å². The summed E-state index contributed by atoms with van der Waals surface area (Å²) in [4.78, 5) is 4.19. The van der Waals surface area contributed by atoms with Gasteiger partial charge < -0.3 is 0 Å². The summed E-state index contributed by atoms with van der Waals surface area (Å²) in [6.45, 7) is 11.5. The molecule has 2 unspecified atom stereocenters. The molecule has 0 saturated carbocycles. The van der Waals surface area contributed by atoms with Crippen molar-refractivity contribution in [1.82, 2.24) is 0 Å². The minimum Gasteiger partial charge on any atom is -0.142 e. The van der Waals surface area contributed by atoms with Crippen LogP contribution in [0, 0.1) is 12.8 Å². The third-order valence-corrected chi connectivity index (χ3v) is 16.6. The van der Waals surface area contributed by atoms with Crippen molar-refractivity contribution in [3.05, 3.63) is 63.0 Å². The highest BCUT2D eigenvalue weighted by atomic mass is 32.1. The van der Waals surface area contributed by atoms with E-state index in [1.165, 1.54) is 135 Å². The molecule has 0 spiro atoms. The fourth-order valence-corrected chi connectivity index (χ4v) is 15.4. The number of hydrogen-bond acceptors (Lipinski definition) is 2. The zero-order chi connectivity index (χ0) is 29.5. The number of hydrogen-bond donors (Lipinski definition) is 1. The summed E-state index contributed by atoms with van der Waals surface area (Å²) in [6.07, 6.45) is 27.9. The van der Waals surface area contributed by atoms with Crippen LogP contribution in [0.4, 0.5) is 0 Å². The Bertz CT molecular complexity index is 1080. The fourth-order valence-electron chi connectivity index (χ4n) is 7.08. The minimum atomic E-state index is -2.17. The Morgan fingerprint density at radius 1 is 0.780 bits per heavy atom. The lowest BCUT2D eigenvalue weighted by atomic mass is 9.96. The highest BCUT2D eigenvalue weighted by Crippen LogP contribution is 2.44. The van der Waals surface area contributed by atoms with E-state index in [4.69, 9.17) is 12.6 Å². The van der Waals surface area contributed by atoms with Gasteiger partial charge in [-0.15, -0.1) is 24.0 Å². The Kier molecular flexibility index (Phi) is 15.6. The molecule has 2 heterocycles. The van der Waals surface area contributed by atoms with Crippen LogP contribution >= 0.6 is 24.0 Å². The summed E-state index contributed by atoms with van der Waals surface area (Å²) in [6, 6.07) is 14.0. The van der Waals surface area contributed by atoms with Crippen LogP contribution in [0.3, 0.4) is 0 Å². The Morgan fingerprint density at radius 3 is 1.95 bits per heavy atom. The maximum absolute atomic E-state index is 5.28. The smallest absolute Gasteiger partial charge is 0.142 e. The van der Waals surface area contributed by atoms with E-state index < -0.39 is 8.07 Å². The SMILES string of the molecule is CC=CC1=C(S)c2sc(C)cc2[Si]1(CC(CCCCCC)CCCCCCCC)c1ccc(CCCCCC)cc1. The quantitative estimate of drug-likeness (QED) is 0.0813. The molecular weight excluding hydrogens is 549 g/mol. The number of thiophene rings is 1. The van der Waals surface area contributed by atoms with E-state index in [0.717, 1.165) is 5.92 Å². The third-order valence-electron chi connectivity index (χ3n) is 9.37. The van der Waals surface area contributed by atoms with Gasteiger partial charge in [0.15, 0.2) is 8.07 Å². The number of rotatable bonds is 21. The molecule has 1 aliphatic rings. The average molecular weight is 609 g/mol. The van der Waals surface area contributed by atoms with Gasteiger partial charge >= 0.3 is 0 Å². The zero-order valence-electron chi connectivity index (χ0n) is 27.2. The van der Waals surface area contributed by atoms with Gasteiger partial charge in [-0.05, 0) is 65.9 Å². The van der Waals surface area contributed by atoms with E-state index in [1.807, 2.05) is 11.3 Å². The Balaban J connectivity index is 1.96. The number of benzene rings is 1. The summed E-state index contributed by atoms with van der Waals surface area (Å²) in [5, 5.41) is 4.85. The van der Waals surface area contributed by atoms with Gasteiger partial charge in [0, 0.05) is 14.7 Å². The van der Waals surface area contributed by atoms with Crippen molar-refractivity contribution in [2.75, 3.05) is 0 Å². The van der Waals surface area contributed by atoms with Crippen LogP contribution in [0.15, 0.2) is 47.7 Å². The minimum absolute atomic E-state index is 0.797. The molecular formula is C38H60S2Si. The van der Waals surface area contributed by atoms with E-state index in [-0.39, 0.29) is 0 Å². The van der Waals surface area contributed by atoms with Gasteiger partial charge in [-0.3, -0.25) is 0 Å². The second kappa shape index (κ2) is 18.6. The molecule has 228 valence electrons. The van der Waals surface area contributed by atoms with E-state index in [2.05, 4.69) is 77.1 Å². The summed E-state index contributed by atoms with van der Waals surface area (Å²) >= 11 is 7.25. The van der Waals surface area contributed by atoms with E-state index >= 15 is 0 Å². The van der Waals surface area contributed by atoms with Crippen LogP contribution in [0.5, 0.6) is 0 Å². The normalized spacial score (nSPS) is 17.6. The summed E-state index contributed by atoms with van der Waals surface area (Å²) < 4.78 is 0. The first kappa shape index (κ1) is 34.5.